The van der Waals surface area contributed by atoms with Crippen LogP contribution in [0.5, 0.6) is 5.75 Å². The second-order valence-corrected chi connectivity index (χ2v) is 4.85. The van der Waals surface area contributed by atoms with E-state index in [4.69, 9.17) is 4.74 Å². The van der Waals surface area contributed by atoms with Crippen molar-refractivity contribution in [3.63, 3.8) is 0 Å². The monoisotopic (exact) mass is 271 g/mol. The largest absolute Gasteiger partial charge is 0.421 e. The lowest BCUT2D eigenvalue weighted by Crippen LogP contribution is -2.24. The molecule has 104 valence electrons. The molecule has 0 saturated heterocycles. The van der Waals surface area contributed by atoms with Crippen LogP contribution >= 0.6 is 0 Å². The van der Waals surface area contributed by atoms with Crippen molar-refractivity contribution in [1.29, 1.82) is 0 Å². The zero-order chi connectivity index (χ0) is 14.9. The highest BCUT2D eigenvalue weighted by Crippen LogP contribution is 2.26. The third-order valence-corrected chi connectivity index (χ3v) is 3.46. The minimum absolute atomic E-state index is 0.234. The third-order valence-electron chi connectivity index (χ3n) is 3.46. The fraction of sp³-hybridized carbons (Fsp3) is 0.250. The molecule has 0 aliphatic carbocycles. The molecule has 20 heavy (non-hydrogen) atoms. The minimum Gasteiger partial charge on any atom is -0.421 e. The van der Waals surface area contributed by atoms with E-state index >= 15 is 0 Å². The van der Waals surface area contributed by atoms with Gasteiger partial charge in [0.2, 0.25) is 0 Å². The molecule has 1 aromatic heterocycles. The van der Waals surface area contributed by atoms with E-state index in [0.29, 0.717) is 5.75 Å². The molecule has 0 aliphatic heterocycles. The molecule has 0 amide bonds. The van der Waals surface area contributed by atoms with Crippen LogP contribution in [0.2, 0.25) is 0 Å². The van der Waals surface area contributed by atoms with Crippen LogP contribution in [0.4, 0.5) is 0 Å². The van der Waals surface area contributed by atoms with Crippen molar-refractivity contribution in [1.82, 2.24) is 4.57 Å². The average molecular weight is 271 g/mol. The highest BCUT2D eigenvalue weighted by molar-refractivity contribution is 5.89. The molecule has 0 unspecified atom stereocenters. The summed E-state index contributed by atoms with van der Waals surface area (Å²) in [6, 6.07) is 8.42. The Morgan fingerprint density at radius 1 is 1.05 bits per heavy atom. The number of aryl methyl sites for hydroxylation is 2. The van der Waals surface area contributed by atoms with Crippen molar-refractivity contribution in [2.75, 3.05) is 0 Å². The summed E-state index contributed by atoms with van der Waals surface area (Å²) in [6.45, 7) is 5.76. The first-order valence-corrected chi connectivity index (χ1v) is 6.37. The zero-order valence-electron chi connectivity index (χ0n) is 12.1. The standard InChI is InChI=1S/C16H17NO3/c1-10-8-9-11(2)15(12(10)3)20-16(19)13-6-5-7-14(18)17(13)4/h5-9H,1-4H3. The molecule has 0 aliphatic rings. The smallest absolute Gasteiger partial charge is 0.360 e. The van der Waals surface area contributed by atoms with Gasteiger partial charge < -0.3 is 9.30 Å². The Bertz CT molecular complexity index is 729. The second kappa shape index (κ2) is 5.33. The van der Waals surface area contributed by atoms with Crippen LogP contribution in [0.3, 0.4) is 0 Å². The summed E-state index contributed by atoms with van der Waals surface area (Å²) in [5, 5.41) is 0. The molecule has 0 saturated carbocycles. The number of carbonyl (C=O) groups excluding carboxylic acids is 1. The quantitative estimate of drug-likeness (QED) is 0.623. The van der Waals surface area contributed by atoms with E-state index in [0.717, 1.165) is 16.7 Å². The van der Waals surface area contributed by atoms with Gasteiger partial charge in [0.25, 0.3) is 5.56 Å². The molecule has 0 bridgehead atoms. The van der Waals surface area contributed by atoms with Gasteiger partial charge in [0.05, 0.1) is 0 Å². The van der Waals surface area contributed by atoms with Gasteiger partial charge in [-0.2, -0.15) is 0 Å². The van der Waals surface area contributed by atoms with E-state index in [1.807, 2.05) is 32.9 Å². The number of aromatic nitrogens is 1. The average Bonchev–Trinajstić information content (AvgIpc) is 2.42. The lowest BCUT2D eigenvalue weighted by molar-refractivity contribution is 0.0720. The summed E-state index contributed by atoms with van der Waals surface area (Å²) < 4.78 is 6.76. The number of benzene rings is 1. The number of pyridine rings is 1. The van der Waals surface area contributed by atoms with Crippen molar-refractivity contribution in [3.8, 4) is 5.75 Å². The van der Waals surface area contributed by atoms with Gasteiger partial charge in [-0.1, -0.05) is 18.2 Å². The Labute approximate surface area is 117 Å². The topological polar surface area (TPSA) is 48.3 Å². The number of carbonyl (C=O) groups is 1. The maximum atomic E-state index is 12.2. The van der Waals surface area contributed by atoms with Crippen LogP contribution in [0.1, 0.15) is 27.2 Å². The first-order valence-electron chi connectivity index (χ1n) is 6.37. The molecule has 0 radical (unpaired) electrons. The van der Waals surface area contributed by atoms with Gasteiger partial charge in [-0.3, -0.25) is 4.79 Å². The summed E-state index contributed by atoms with van der Waals surface area (Å²) in [7, 11) is 1.55. The number of hydrogen-bond acceptors (Lipinski definition) is 3. The van der Waals surface area contributed by atoms with Crippen molar-refractivity contribution in [3.05, 3.63) is 63.1 Å². The minimum atomic E-state index is -0.526. The van der Waals surface area contributed by atoms with E-state index < -0.39 is 5.97 Å². The SMILES string of the molecule is Cc1ccc(C)c(OC(=O)c2cccc(=O)n2C)c1C. The van der Waals surface area contributed by atoms with Crippen molar-refractivity contribution >= 4 is 5.97 Å². The third kappa shape index (κ3) is 2.50. The maximum Gasteiger partial charge on any atom is 0.360 e. The van der Waals surface area contributed by atoms with Crippen LogP contribution in [0, 0.1) is 20.8 Å². The van der Waals surface area contributed by atoms with Crippen LogP contribution in [-0.4, -0.2) is 10.5 Å². The Hall–Kier alpha value is -2.36. The van der Waals surface area contributed by atoms with Crippen LogP contribution in [0.15, 0.2) is 35.1 Å². The van der Waals surface area contributed by atoms with Gasteiger partial charge in [-0.05, 0) is 43.5 Å². The molecular formula is C16H17NO3. The molecule has 4 heteroatoms. The first kappa shape index (κ1) is 14.1. The molecule has 0 atom stereocenters. The van der Waals surface area contributed by atoms with Gasteiger partial charge in [0.15, 0.2) is 0 Å². The predicted molar refractivity (Wildman–Crippen MR) is 77.3 cm³/mol. The van der Waals surface area contributed by atoms with Crippen LogP contribution in [-0.2, 0) is 7.05 Å². The van der Waals surface area contributed by atoms with E-state index in [2.05, 4.69) is 0 Å². The predicted octanol–water partition coefficient (Wildman–Crippen LogP) is 2.53. The van der Waals surface area contributed by atoms with Crippen molar-refractivity contribution in [2.24, 2.45) is 7.05 Å². The van der Waals surface area contributed by atoms with E-state index in [1.165, 1.54) is 10.6 Å². The van der Waals surface area contributed by atoms with Gasteiger partial charge in [0, 0.05) is 13.1 Å². The summed E-state index contributed by atoms with van der Waals surface area (Å²) in [5.41, 5.74) is 2.87. The van der Waals surface area contributed by atoms with Crippen molar-refractivity contribution in [2.45, 2.75) is 20.8 Å². The lowest BCUT2D eigenvalue weighted by Gasteiger charge is -2.13. The molecule has 2 rings (SSSR count). The second-order valence-electron chi connectivity index (χ2n) is 4.85. The van der Waals surface area contributed by atoms with Crippen LogP contribution < -0.4 is 10.3 Å². The highest BCUT2D eigenvalue weighted by atomic mass is 16.5. The molecule has 1 aromatic carbocycles. The molecule has 2 aromatic rings. The Balaban J connectivity index is 2.41. The first-order chi connectivity index (χ1) is 9.41. The van der Waals surface area contributed by atoms with Crippen molar-refractivity contribution < 1.29 is 9.53 Å². The highest BCUT2D eigenvalue weighted by Gasteiger charge is 2.15. The molecule has 0 N–H and O–H groups in total. The number of esters is 1. The zero-order valence-corrected chi connectivity index (χ0v) is 12.1. The number of rotatable bonds is 2. The molecule has 1 heterocycles. The molecule has 0 spiro atoms. The number of nitrogens with zero attached hydrogens (tertiary/aromatic N) is 1. The molecule has 0 fully saturated rings. The Kier molecular flexibility index (Phi) is 3.74. The van der Waals surface area contributed by atoms with Gasteiger partial charge in [0.1, 0.15) is 11.4 Å². The summed E-state index contributed by atoms with van der Waals surface area (Å²) in [6.07, 6.45) is 0. The number of hydrogen-bond donors (Lipinski definition) is 0. The van der Waals surface area contributed by atoms with E-state index in [1.54, 1.807) is 19.2 Å². The summed E-state index contributed by atoms with van der Waals surface area (Å²) >= 11 is 0. The summed E-state index contributed by atoms with van der Waals surface area (Å²) in [5.74, 6) is 0.0355. The Morgan fingerprint density at radius 3 is 2.40 bits per heavy atom. The lowest BCUT2D eigenvalue weighted by atomic mass is 10.1. The van der Waals surface area contributed by atoms with E-state index in [9.17, 15) is 9.59 Å². The molecular weight excluding hydrogens is 254 g/mol. The van der Waals surface area contributed by atoms with Gasteiger partial charge >= 0.3 is 5.97 Å². The fourth-order valence-corrected chi connectivity index (χ4v) is 2.00. The normalized spacial score (nSPS) is 10.4. The van der Waals surface area contributed by atoms with E-state index in [-0.39, 0.29) is 11.3 Å². The molecule has 4 nitrogen and oxygen atoms in total. The van der Waals surface area contributed by atoms with Gasteiger partial charge in [-0.25, -0.2) is 4.79 Å². The van der Waals surface area contributed by atoms with Crippen LogP contribution in [0.25, 0.3) is 0 Å². The Morgan fingerprint density at radius 2 is 1.70 bits per heavy atom. The maximum absolute atomic E-state index is 12.2. The summed E-state index contributed by atoms with van der Waals surface area (Å²) in [4.78, 5) is 23.8. The number of ether oxygens (including phenoxy) is 1. The van der Waals surface area contributed by atoms with Gasteiger partial charge in [-0.15, -0.1) is 0 Å². The fourth-order valence-electron chi connectivity index (χ4n) is 2.00.